The molecule has 0 aromatic heterocycles. The smallest absolute Gasteiger partial charge is 0.264 e. The molecule has 1 aliphatic rings. The van der Waals surface area contributed by atoms with E-state index in [9.17, 15) is 13.2 Å². The molecule has 0 radical (unpaired) electrons. The fourth-order valence-electron chi connectivity index (χ4n) is 4.09. The van der Waals surface area contributed by atoms with E-state index >= 15 is 0 Å². The summed E-state index contributed by atoms with van der Waals surface area (Å²) in [6.45, 7) is 4.13. The third-order valence-electron chi connectivity index (χ3n) is 6.15. The van der Waals surface area contributed by atoms with Gasteiger partial charge in [0.15, 0.2) is 0 Å². The molecule has 1 amide bonds. The van der Waals surface area contributed by atoms with E-state index in [1.165, 1.54) is 22.8 Å². The van der Waals surface area contributed by atoms with Crippen LogP contribution < -0.4 is 14.5 Å². The first-order chi connectivity index (χ1) is 16.9. The first-order valence-electron chi connectivity index (χ1n) is 11.7. The summed E-state index contributed by atoms with van der Waals surface area (Å²) in [4.78, 5) is 16.4. The molecule has 1 aliphatic heterocycles. The quantitative estimate of drug-likeness (QED) is 0.419. The predicted molar refractivity (Wildman–Crippen MR) is 144 cm³/mol. The number of carbonyl (C=O) groups is 1. The zero-order chi connectivity index (χ0) is 24.8. The molecule has 1 N–H and O–H groups in total. The number of nitrogens with zero attached hydrogens (tertiary/aromatic N) is 2. The Labute approximate surface area is 212 Å². The molecular weight excluding hydrogens is 478 g/mol. The number of thioether (sulfide) groups is 1. The maximum absolute atomic E-state index is 13.5. The van der Waals surface area contributed by atoms with E-state index in [1.807, 2.05) is 37.4 Å². The van der Waals surface area contributed by atoms with E-state index in [1.54, 1.807) is 48.2 Å². The molecule has 184 valence electrons. The van der Waals surface area contributed by atoms with Gasteiger partial charge in [0.25, 0.3) is 10.0 Å². The van der Waals surface area contributed by atoms with Crippen LogP contribution in [0.4, 0.5) is 11.4 Å². The lowest BCUT2D eigenvalue weighted by atomic mass is 10.2. The number of hydrogen-bond acceptors (Lipinski definition) is 5. The van der Waals surface area contributed by atoms with Crippen molar-refractivity contribution in [3.8, 4) is 0 Å². The van der Waals surface area contributed by atoms with E-state index in [-0.39, 0.29) is 17.3 Å². The molecule has 0 spiro atoms. The van der Waals surface area contributed by atoms with Gasteiger partial charge in [0, 0.05) is 30.2 Å². The molecule has 0 saturated carbocycles. The van der Waals surface area contributed by atoms with Crippen molar-refractivity contribution in [3.63, 3.8) is 0 Å². The zero-order valence-corrected chi connectivity index (χ0v) is 21.7. The van der Waals surface area contributed by atoms with Crippen LogP contribution in [0, 0.1) is 6.92 Å². The van der Waals surface area contributed by atoms with Crippen LogP contribution in [0.25, 0.3) is 0 Å². The minimum Gasteiger partial charge on any atom is -0.372 e. The molecule has 1 saturated heterocycles. The predicted octanol–water partition coefficient (Wildman–Crippen LogP) is 4.83. The molecule has 1 fully saturated rings. The van der Waals surface area contributed by atoms with Gasteiger partial charge in [-0.05, 0) is 80.1 Å². The lowest BCUT2D eigenvalue weighted by Gasteiger charge is -2.24. The molecule has 0 atom stereocenters. The Morgan fingerprint density at radius 2 is 1.57 bits per heavy atom. The number of nitrogens with one attached hydrogen (secondary N) is 1. The van der Waals surface area contributed by atoms with Crippen molar-refractivity contribution < 1.29 is 13.2 Å². The first-order valence-corrected chi connectivity index (χ1v) is 14.4. The highest BCUT2D eigenvalue weighted by Gasteiger charge is 2.27. The van der Waals surface area contributed by atoms with Crippen LogP contribution in [-0.2, 0) is 21.4 Å². The van der Waals surface area contributed by atoms with Crippen LogP contribution in [-0.4, -0.2) is 40.2 Å². The molecule has 3 aromatic rings. The SMILES string of the molecule is CSc1ccc(S(=O)(=O)N(CC(=O)NCc2ccc(N3CCCC3)cc2)c2ccc(C)cc2)cc1. The Morgan fingerprint density at radius 3 is 2.17 bits per heavy atom. The van der Waals surface area contributed by atoms with Crippen molar-refractivity contribution >= 4 is 39.1 Å². The van der Waals surface area contributed by atoms with Crippen molar-refractivity contribution in [3.05, 3.63) is 83.9 Å². The molecule has 0 aliphatic carbocycles. The number of benzene rings is 3. The van der Waals surface area contributed by atoms with Crippen molar-refractivity contribution in [2.75, 3.05) is 35.1 Å². The Morgan fingerprint density at radius 1 is 0.943 bits per heavy atom. The van der Waals surface area contributed by atoms with E-state index in [4.69, 9.17) is 0 Å². The lowest BCUT2D eigenvalue weighted by molar-refractivity contribution is -0.119. The standard InChI is InChI=1S/C27H31N3O3S2/c1-21-5-9-24(10-6-21)30(35(32,33)26-15-13-25(34-2)14-16-26)20-27(31)28-19-22-7-11-23(12-8-22)29-17-3-4-18-29/h5-16H,3-4,17-20H2,1-2H3,(H,28,31). The third-order valence-corrected chi connectivity index (χ3v) is 8.69. The van der Waals surface area contributed by atoms with E-state index in [0.717, 1.165) is 29.1 Å². The third kappa shape index (κ3) is 6.18. The fraction of sp³-hybridized carbons (Fsp3) is 0.296. The Hall–Kier alpha value is -2.97. The van der Waals surface area contributed by atoms with Crippen molar-refractivity contribution in [1.82, 2.24) is 5.32 Å². The van der Waals surface area contributed by atoms with Gasteiger partial charge < -0.3 is 10.2 Å². The maximum Gasteiger partial charge on any atom is 0.264 e. The molecule has 4 rings (SSSR count). The summed E-state index contributed by atoms with van der Waals surface area (Å²) in [5.41, 5.74) is 3.63. The molecule has 3 aromatic carbocycles. The van der Waals surface area contributed by atoms with Gasteiger partial charge in [-0.2, -0.15) is 0 Å². The minimum atomic E-state index is -3.93. The highest BCUT2D eigenvalue weighted by Crippen LogP contribution is 2.26. The van der Waals surface area contributed by atoms with Gasteiger partial charge in [-0.25, -0.2) is 8.42 Å². The largest absolute Gasteiger partial charge is 0.372 e. The Balaban J connectivity index is 1.48. The summed E-state index contributed by atoms with van der Waals surface area (Å²) in [6.07, 6.45) is 4.38. The van der Waals surface area contributed by atoms with E-state index in [2.05, 4.69) is 22.3 Å². The lowest BCUT2D eigenvalue weighted by Crippen LogP contribution is -2.40. The molecular formula is C27H31N3O3S2. The fourth-order valence-corrected chi connectivity index (χ4v) is 5.92. The van der Waals surface area contributed by atoms with Gasteiger partial charge in [0.05, 0.1) is 10.6 Å². The molecule has 1 heterocycles. The van der Waals surface area contributed by atoms with Gasteiger partial charge in [-0.3, -0.25) is 9.10 Å². The van der Waals surface area contributed by atoms with Crippen LogP contribution in [0.2, 0.25) is 0 Å². The maximum atomic E-state index is 13.5. The van der Waals surface area contributed by atoms with Crippen LogP contribution in [0.3, 0.4) is 0 Å². The monoisotopic (exact) mass is 509 g/mol. The highest BCUT2D eigenvalue weighted by molar-refractivity contribution is 7.98. The topological polar surface area (TPSA) is 69.7 Å². The second-order valence-corrected chi connectivity index (χ2v) is 11.4. The molecule has 35 heavy (non-hydrogen) atoms. The summed E-state index contributed by atoms with van der Waals surface area (Å²) in [7, 11) is -3.93. The van der Waals surface area contributed by atoms with Gasteiger partial charge >= 0.3 is 0 Å². The number of carbonyl (C=O) groups excluding carboxylic acids is 1. The number of amides is 1. The number of rotatable bonds is 9. The molecule has 0 bridgehead atoms. The number of sulfonamides is 1. The van der Waals surface area contributed by atoms with Gasteiger partial charge in [-0.1, -0.05) is 29.8 Å². The molecule has 8 heteroatoms. The van der Waals surface area contributed by atoms with Crippen LogP contribution >= 0.6 is 11.8 Å². The van der Waals surface area contributed by atoms with Crippen LogP contribution in [0.1, 0.15) is 24.0 Å². The first kappa shape index (κ1) is 25.1. The van der Waals surface area contributed by atoms with E-state index in [0.29, 0.717) is 12.2 Å². The number of aryl methyl sites for hydroxylation is 1. The van der Waals surface area contributed by atoms with Crippen LogP contribution in [0.5, 0.6) is 0 Å². The van der Waals surface area contributed by atoms with Gasteiger partial charge in [-0.15, -0.1) is 11.8 Å². The Kier molecular flexibility index (Phi) is 8.03. The van der Waals surface area contributed by atoms with Crippen molar-refractivity contribution in [2.24, 2.45) is 0 Å². The highest BCUT2D eigenvalue weighted by atomic mass is 32.2. The molecule has 0 unspecified atom stereocenters. The van der Waals surface area contributed by atoms with E-state index < -0.39 is 10.0 Å². The Bertz CT molecular complexity index is 1240. The number of hydrogen-bond donors (Lipinski definition) is 1. The van der Waals surface area contributed by atoms with Crippen molar-refractivity contribution in [1.29, 1.82) is 0 Å². The summed E-state index contributed by atoms with van der Waals surface area (Å²) >= 11 is 1.54. The van der Waals surface area contributed by atoms with Crippen LogP contribution in [0.15, 0.2) is 82.6 Å². The normalized spacial score (nSPS) is 13.6. The minimum absolute atomic E-state index is 0.154. The van der Waals surface area contributed by atoms with Crippen molar-refractivity contribution in [2.45, 2.75) is 36.1 Å². The summed E-state index contributed by atoms with van der Waals surface area (Å²) in [6, 6.07) is 22.0. The second-order valence-electron chi connectivity index (χ2n) is 8.66. The second kappa shape index (κ2) is 11.2. The average molecular weight is 510 g/mol. The van der Waals surface area contributed by atoms with Gasteiger partial charge in [0.2, 0.25) is 5.91 Å². The summed E-state index contributed by atoms with van der Waals surface area (Å²) < 4.78 is 28.2. The number of anilines is 2. The van der Waals surface area contributed by atoms with Gasteiger partial charge in [0.1, 0.15) is 6.54 Å². The zero-order valence-electron chi connectivity index (χ0n) is 20.1. The summed E-state index contributed by atoms with van der Waals surface area (Å²) in [5, 5.41) is 2.88. The molecule has 6 nitrogen and oxygen atoms in total. The average Bonchev–Trinajstić information content (AvgIpc) is 3.42. The summed E-state index contributed by atoms with van der Waals surface area (Å²) in [5.74, 6) is -0.362.